The number of hydrogen-bond acceptors (Lipinski definition) is 2. The number of hydrogen-bond donors (Lipinski definition) is 1. The number of rotatable bonds is 10. The molecular weight excluding hydrogens is 198 g/mol. The molecule has 1 unspecified atom stereocenters. The van der Waals surface area contributed by atoms with Gasteiger partial charge in [-0.05, 0) is 25.8 Å². The molecular formula is C14H29NO. The fourth-order valence-corrected chi connectivity index (χ4v) is 2.29. The molecule has 0 saturated carbocycles. The van der Waals surface area contributed by atoms with Gasteiger partial charge in [0.1, 0.15) is 0 Å². The molecule has 0 amide bonds. The summed E-state index contributed by atoms with van der Waals surface area (Å²) in [6.07, 6.45) is 12.2. The van der Waals surface area contributed by atoms with E-state index >= 15 is 0 Å². The van der Waals surface area contributed by atoms with Crippen molar-refractivity contribution < 1.29 is 4.74 Å². The molecule has 0 bridgehead atoms. The van der Waals surface area contributed by atoms with E-state index < -0.39 is 0 Å². The van der Waals surface area contributed by atoms with Crippen molar-refractivity contribution >= 4 is 0 Å². The van der Waals surface area contributed by atoms with E-state index in [-0.39, 0.29) is 0 Å². The molecule has 0 aliphatic carbocycles. The zero-order valence-electron chi connectivity index (χ0n) is 11.0. The zero-order valence-corrected chi connectivity index (χ0v) is 11.0. The van der Waals surface area contributed by atoms with Gasteiger partial charge in [-0.3, -0.25) is 0 Å². The van der Waals surface area contributed by atoms with Crippen molar-refractivity contribution in [1.82, 2.24) is 5.32 Å². The molecule has 1 atom stereocenters. The highest BCUT2D eigenvalue weighted by Crippen LogP contribution is 2.08. The molecule has 1 heterocycles. The van der Waals surface area contributed by atoms with Gasteiger partial charge < -0.3 is 10.1 Å². The Bertz CT molecular complexity index is 144. The molecule has 0 aromatic rings. The predicted octanol–water partition coefficient (Wildman–Crippen LogP) is 3.51. The molecule has 2 nitrogen and oxygen atoms in total. The smallest absolute Gasteiger partial charge is 0.0619 e. The Balaban J connectivity index is 1.71. The Morgan fingerprint density at radius 2 is 1.81 bits per heavy atom. The fraction of sp³-hybridized carbons (Fsp3) is 1.00. The van der Waals surface area contributed by atoms with Gasteiger partial charge in [0.15, 0.2) is 0 Å². The van der Waals surface area contributed by atoms with Crippen molar-refractivity contribution in [3.05, 3.63) is 0 Å². The second-order valence-corrected chi connectivity index (χ2v) is 4.99. The van der Waals surface area contributed by atoms with Crippen molar-refractivity contribution in [2.24, 2.45) is 0 Å². The second kappa shape index (κ2) is 10.1. The Kier molecular flexibility index (Phi) is 8.83. The average molecular weight is 227 g/mol. The molecule has 0 spiro atoms. The van der Waals surface area contributed by atoms with Gasteiger partial charge in [0.05, 0.1) is 6.61 Å². The lowest BCUT2D eigenvalue weighted by Crippen LogP contribution is -2.26. The van der Waals surface area contributed by atoms with Crippen LogP contribution in [-0.4, -0.2) is 25.8 Å². The summed E-state index contributed by atoms with van der Waals surface area (Å²) >= 11 is 0. The largest absolute Gasteiger partial charge is 0.380 e. The zero-order chi connectivity index (χ0) is 11.5. The Hall–Kier alpha value is -0.0800. The summed E-state index contributed by atoms with van der Waals surface area (Å²) in [5.41, 5.74) is 0. The first-order valence-electron chi connectivity index (χ1n) is 7.24. The Morgan fingerprint density at radius 3 is 2.50 bits per heavy atom. The van der Waals surface area contributed by atoms with Gasteiger partial charge in [-0.25, -0.2) is 0 Å². The van der Waals surface area contributed by atoms with E-state index in [9.17, 15) is 0 Å². The van der Waals surface area contributed by atoms with Gasteiger partial charge in [-0.15, -0.1) is 0 Å². The standard InChI is InChI=1S/C14H29NO/c1-2-3-4-5-6-7-8-12-16-13-14-10-9-11-15-14/h14-15H,2-13H2,1H3. The third-order valence-electron chi connectivity index (χ3n) is 3.37. The summed E-state index contributed by atoms with van der Waals surface area (Å²) in [6.45, 7) is 5.35. The maximum atomic E-state index is 5.68. The SMILES string of the molecule is CCCCCCCCCOCC1CCCN1. The predicted molar refractivity (Wildman–Crippen MR) is 69.8 cm³/mol. The number of unbranched alkanes of at least 4 members (excludes halogenated alkanes) is 6. The Morgan fingerprint density at radius 1 is 1.06 bits per heavy atom. The lowest BCUT2D eigenvalue weighted by Gasteiger charge is -2.10. The van der Waals surface area contributed by atoms with Crippen LogP contribution in [0.15, 0.2) is 0 Å². The molecule has 0 radical (unpaired) electrons. The van der Waals surface area contributed by atoms with Crippen LogP contribution in [0.1, 0.15) is 64.7 Å². The molecule has 1 N–H and O–H groups in total. The topological polar surface area (TPSA) is 21.3 Å². The quantitative estimate of drug-likeness (QED) is 0.577. The summed E-state index contributed by atoms with van der Waals surface area (Å²) < 4.78 is 5.68. The number of nitrogens with one attached hydrogen (secondary N) is 1. The van der Waals surface area contributed by atoms with Crippen molar-refractivity contribution in [2.45, 2.75) is 70.8 Å². The van der Waals surface area contributed by atoms with Crippen LogP contribution in [0.25, 0.3) is 0 Å². The van der Waals surface area contributed by atoms with E-state index in [1.165, 1.54) is 64.3 Å². The molecule has 16 heavy (non-hydrogen) atoms. The van der Waals surface area contributed by atoms with E-state index in [1.54, 1.807) is 0 Å². The minimum atomic E-state index is 0.643. The van der Waals surface area contributed by atoms with E-state index in [2.05, 4.69) is 12.2 Å². The van der Waals surface area contributed by atoms with Crippen LogP contribution < -0.4 is 5.32 Å². The molecule has 1 saturated heterocycles. The monoisotopic (exact) mass is 227 g/mol. The van der Waals surface area contributed by atoms with Gasteiger partial charge in [0, 0.05) is 12.6 Å². The minimum absolute atomic E-state index is 0.643. The molecule has 1 rings (SSSR count). The molecule has 1 aliphatic rings. The summed E-state index contributed by atoms with van der Waals surface area (Å²) in [6, 6.07) is 0.643. The molecule has 96 valence electrons. The third-order valence-corrected chi connectivity index (χ3v) is 3.37. The van der Waals surface area contributed by atoms with E-state index in [0.717, 1.165) is 13.2 Å². The summed E-state index contributed by atoms with van der Waals surface area (Å²) in [7, 11) is 0. The van der Waals surface area contributed by atoms with Gasteiger partial charge in [-0.1, -0.05) is 45.4 Å². The normalized spacial score (nSPS) is 20.4. The van der Waals surface area contributed by atoms with Crippen molar-refractivity contribution in [3.63, 3.8) is 0 Å². The molecule has 1 fully saturated rings. The van der Waals surface area contributed by atoms with Crippen LogP contribution in [0.2, 0.25) is 0 Å². The third kappa shape index (κ3) is 7.24. The van der Waals surface area contributed by atoms with Crippen LogP contribution in [0.5, 0.6) is 0 Å². The highest BCUT2D eigenvalue weighted by atomic mass is 16.5. The first-order valence-corrected chi connectivity index (χ1v) is 7.24. The highest BCUT2D eigenvalue weighted by Gasteiger charge is 2.13. The maximum Gasteiger partial charge on any atom is 0.0619 e. The van der Waals surface area contributed by atoms with Crippen molar-refractivity contribution in [3.8, 4) is 0 Å². The maximum absolute atomic E-state index is 5.68. The molecule has 1 aliphatic heterocycles. The van der Waals surface area contributed by atoms with Gasteiger partial charge in [-0.2, -0.15) is 0 Å². The lowest BCUT2D eigenvalue weighted by atomic mass is 10.1. The lowest BCUT2D eigenvalue weighted by molar-refractivity contribution is 0.112. The average Bonchev–Trinajstić information content (AvgIpc) is 2.80. The molecule has 2 heteroatoms. The van der Waals surface area contributed by atoms with Gasteiger partial charge in [0.2, 0.25) is 0 Å². The van der Waals surface area contributed by atoms with Crippen LogP contribution in [0.4, 0.5) is 0 Å². The summed E-state index contributed by atoms with van der Waals surface area (Å²) in [5.74, 6) is 0. The first kappa shape index (κ1) is 14.0. The Labute approximate surface area is 101 Å². The van der Waals surface area contributed by atoms with Crippen molar-refractivity contribution in [2.75, 3.05) is 19.8 Å². The van der Waals surface area contributed by atoms with Crippen LogP contribution in [0.3, 0.4) is 0 Å². The minimum Gasteiger partial charge on any atom is -0.380 e. The van der Waals surface area contributed by atoms with E-state index in [1.807, 2.05) is 0 Å². The van der Waals surface area contributed by atoms with Crippen LogP contribution >= 0.6 is 0 Å². The summed E-state index contributed by atoms with van der Waals surface area (Å²) in [5, 5.41) is 3.46. The van der Waals surface area contributed by atoms with E-state index in [0.29, 0.717) is 6.04 Å². The van der Waals surface area contributed by atoms with E-state index in [4.69, 9.17) is 4.74 Å². The van der Waals surface area contributed by atoms with Gasteiger partial charge >= 0.3 is 0 Å². The second-order valence-electron chi connectivity index (χ2n) is 4.99. The van der Waals surface area contributed by atoms with Crippen LogP contribution in [0, 0.1) is 0 Å². The molecule has 0 aromatic carbocycles. The fourth-order valence-electron chi connectivity index (χ4n) is 2.29. The first-order chi connectivity index (χ1) is 7.93. The van der Waals surface area contributed by atoms with Gasteiger partial charge in [0.25, 0.3) is 0 Å². The molecule has 0 aromatic heterocycles. The highest BCUT2D eigenvalue weighted by molar-refractivity contribution is 4.73. The number of ether oxygens (including phenoxy) is 1. The van der Waals surface area contributed by atoms with Crippen LogP contribution in [-0.2, 0) is 4.74 Å². The van der Waals surface area contributed by atoms with Crippen molar-refractivity contribution in [1.29, 1.82) is 0 Å². The summed E-state index contributed by atoms with van der Waals surface area (Å²) in [4.78, 5) is 0.